The van der Waals surface area contributed by atoms with Crippen LogP contribution in [-0.2, 0) is 16.6 Å². The molecule has 2 aliphatic heterocycles. The van der Waals surface area contributed by atoms with Crippen molar-refractivity contribution in [3.05, 3.63) is 30.3 Å². The number of quaternary nitrogens is 1. The van der Waals surface area contributed by atoms with E-state index in [1.165, 1.54) is 0 Å². The van der Waals surface area contributed by atoms with Gasteiger partial charge in [0.25, 0.3) is 0 Å². The van der Waals surface area contributed by atoms with Gasteiger partial charge in [0.05, 0.1) is 26.1 Å². The van der Waals surface area contributed by atoms with Gasteiger partial charge in [-0.1, -0.05) is 6.07 Å². The fourth-order valence-corrected chi connectivity index (χ4v) is 5.93. The zero-order chi connectivity index (χ0) is 16.9. The third-order valence-electron chi connectivity index (χ3n) is 7.04. The molecule has 2 fully saturated rings. The van der Waals surface area contributed by atoms with Crippen molar-refractivity contribution < 1.29 is 23.9 Å². The number of aliphatic hydroxyl groups is 1. The molecule has 1 saturated heterocycles. The summed E-state index contributed by atoms with van der Waals surface area (Å²) in [4.78, 5) is 12.7. The average molecular weight is 328 g/mol. The number of ether oxygens (including phenoxy) is 2. The molecule has 24 heavy (non-hydrogen) atoms. The zero-order valence-electron chi connectivity index (χ0n) is 14.0. The van der Waals surface area contributed by atoms with E-state index < -0.39 is 17.1 Å². The topological polar surface area (TPSA) is 55.8 Å². The zero-order valence-corrected chi connectivity index (χ0v) is 14.0. The number of carbonyl (C=O) groups excluding carboxylic acids is 1. The van der Waals surface area contributed by atoms with Gasteiger partial charge in [-0.3, -0.25) is 4.79 Å². The molecule has 2 heterocycles. The molecule has 4 aliphatic rings. The Morgan fingerprint density at radius 2 is 2.21 bits per heavy atom. The van der Waals surface area contributed by atoms with E-state index in [4.69, 9.17) is 16.5 Å². The maximum absolute atomic E-state index is 12.7. The lowest BCUT2D eigenvalue weighted by atomic mass is 9.48. The maximum atomic E-state index is 12.7. The van der Waals surface area contributed by atoms with Crippen LogP contribution in [0, 0.1) is 7.05 Å². The Kier molecular flexibility index (Phi) is 2.54. The second-order valence-corrected chi connectivity index (χ2v) is 8.03. The molecule has 1 aromatic rings. The number of hydrogen-bond acceptors (Lipinski definition) is 4. The first kappa shape index (κ1) is 14.7. The van der Waals surface area contributed by atoms with E-state index >= 15 is 0 Å². The number of piperidine rings is 1. The molecule has 1 spiro atoms. The number of ketones is 1. The summed E-state index contributed by atoms with van der Waals surface area (Å²) in [6.45, 7) is 0.718. The first-order valence-electron chi connectivity index (χ1n) is 8.61. The lowest BCUT2D eigenvalue weighted by Gasteiger charge is -2.62. The van der Waals surface area contributed by atoms with Crippen LogP contribution in [0.3, 0.4) is 0 Å². The second-order valence-electron chi connectivity index (χ2n) is 8.03. The molecular formula is C19H22NO4+. The van der Waals surface area contributed by atoms with Crippen molar-refractivity contribution in [1.29, 1.82) is 0 Å². The molecule has 5 heteroatoms. The number of hydrogen-bond donors (Lipinski definition) is 1. The SMILES string of the molecule is [CH][N+]1(C)CCC23c4c5ccc(OC)c4OC2C(=O)CCC3(O)C1C5. The summed E-state index contributed by atoms with van der Waals surface area (Å²) in [7, 11) is 10.1. The first-order chi connectivity index (χ1) is 11.3. The highest BCUT2D eigenvalue weighted by Crippen LogP contribution is 2.65. The van der Waals surface area contributed by atoms with E-state index in [1.54, 1.807) is 7.11 Å². The monoisotopic (exact) mass is 328 g/mol. The van der Waals surface area contributed by atoms with E-state index in [0.29, 0.717) is 41.7 Å². The minimum Gasteiger partial charge on any atom is -0.493 e. The van der Waals surface area contributed by atoms with Gasteiger partial charge in [0, 0.05) is 24.8 Å². The summed E-state index contributed by atoms with van der Waals surface area (Å²) >= 11 is 0. The van der Waals surface area contributed by atoms with Crippen LogP contribution >= 0.6 is 0 Å². The fraction of sp³-hybridized carbons (Fsp3) is 0.579. The Morgan fingerprint density at radius 3 is 2.96 bits per heavy atom. The molecule has 2 radical (unpaired) electrons. The second kappa shape index (κ2) is 4.14. The van der Waals surface area contributed by atoms with Gasteiger partial charge in [-0.2, -0.15) is 0 Å². The van der Waals surface area contributed by atoms with Crippen LogP contribution in [0.25, 0.3) is 0 Å². The normalized spacial score (nSPS) is 40.8. The van der Waals surface area contributed by atoms with Crippen LogP contribution in [0.1, 0.15) is 30.4 Å². The van der Waals surface area contributed by atoms with E-state index in [9.17, 15) is 9.90 Å². The Balaban J connectivity index is 1.86. The highest BCUT2D eigenvalue weighted by molar-refractivity contribution is 5.90. The Morgan fingerprint density at radius 1 is 1.42 bits per heavy atom. The van der Waals surface area contributed by atoms with Crippen molar-refractivity contribution in [2.24, 2.45) is 0 Å². The van der Waals surface area contributed by atoms with Crippen molar-refractivity contribution in [1.82, 2.24) is 0 Å². The van der Waals surface area contributed by atoms with Crippen LogP contribution in [-0.4, -0.2) is 53.8 Å². The minimum absolute atomic E-state index is 0.0812. The molecule has 2 bridgehead atoms. The van der Waals surface area contributed by atoms with E-state index in [2.05, 4.69) is 0 Å². The maximum Gasteiger partial charge on any atom is 0.206 e. The summed E-state index contributed by atoms with van der Waals surface area (Å²) in [5.74, 6) is 1.37. The number of nitrogens with zero attached hydrogens (tertiary/aromatic N) is 1. The third kappa shape index (κ3) is 1.35. The Bertz CT molecular complexity index is 773. The van der Waals surface area contributed by atoms with Crippen LogP contribution in [0.15, 0.2) is 12.1 Å². The van der Waals surface area contributed by atoms with Gasteiger partial charge in [0.2, 0.25) is 7.05 Å². The van der Waals surface area contributed by atoms with E-state index in [0.717, 1.165) is 17.7 Å². The molecule has 0 aromatic heterocycles. The fourth-order valence-electron chi connectivity index (χ4n) is 5.93. The van der Waals surface area contributed by atoms with Crippen LogP contribution < -0.4 is 9.47 Å². The highest BCUT2D eigenvalue weighted by Gasteiger charge is 2.76. The van der Waals surface area contributed by atoms with Gasteiger partial charge >= 0.3 is 0 Å². The van der Waals surface area contributed by atoms with Gasteiger partial charge in [0.15, 0.2) is 23.4 Å². The number of benzene rings is 1. The summed E-state index contributed by atoms with van der Waals surface area (Å²) < 4.78 is 11.9. The predicted octanol–water partition coefficient (Wildman–Crippen LogP) is 1.23. The molecule has 1 N–H and O–H groups in total. The molecule has 2 aliphatic carbocycles. The quantitative estimate of drug-likeness (QED) is 0.788. The summed E-state index contributed by atoms with van der Waals surface area (Å²) in [5, 5.41) is 11.9. The number of methoxy groups -OCH3 is 1. The predicted molar refractivity (Wildman–Crippen MR) is 85.7 cm³/mol. The van der Waals surface area contributed by atoms with Gasteiger partial charge in [-0.05, 0) is 18.1 Å². The van der Waals surface area contributed by atoms with Crippen molar-refractivity contribution in [3.8, 4) is 11.5 Å². The van der Waals surface area contributed by atoms with E-state index in [1.807, 2.05) is 19.2 Å². The van der Waals surface area contributed by atoms with Crippen molar-refractivity contribution >= 4 is 5.78 Å². The summed E-state index contributed by atoms with van der Waals surface area (Å²) in [6.07, 6.45) is 1.52. The molecule has 0 amide bonds. The highest BCUT2D eigenvalue weighted by atomic mass is 16.5. The molecule has 126 valence electrons. The van der Waals surface area contributed by atoms with Crippen LogP contribution in [0.5, 0.6) is 11.5 Å². The number of likely N-dealkylation sites (tertiary alicyclic amines) is 1. The number of carbonyl (C=O) groups is 1. The van der Waals surface area contributed by atoms with E-state index in [-0.39, 0.29) is 11.8 Å². The van der Waals surface area contributed by atoms with Gasteiger partial charge < -0.3 is 19.1 Å². The summed E-state index contributed by atoms with van der Waals surface area (Å²) in [5.41, 5.74) is 0.435. The Labute approximate surface area is 141 Å². The van der Waals surface area contributed by atoms with Crippen LogP contribution in [0.4, 0.5) is 0 Å². The van der Waals surface area contributed by atoms with Crippen molar-refractivity contribution in [2.75, 3.05) is 20.7 Å². The lowest BCUT2D eigenvalue weighted by molar-refractivity contribution is -0.909. The molecule has 1 saturated carbocycles. The molecule has 5 rings (SSSR count). The lowest BCUT2D eigenvalue weighted by Crippen LogP contribution is -2.79. The molecule has 1 aromatic carbocycles. The molecule has 5 unspecified atom stereocenters. The summed E-state index contributed by atoms with van der Waals surface area (Å²) in [6, 6.07) is 3.81. The minimum atomic E-state index is -1.02. The number of likely N-dealkylation sites (N-methyl/N-ethyl adjacent to an activating group) is 1. The average Bonchev–Trinajstić information content (AvgIpc) is 2.90. The van der Waals surface area contributed by atoms with Gasteiger partial charge in [-0.25, -0.2) is 0 Å². The van der Waals surface area contributed by atoms with Gasteiger partial charge in [-0.15, -0.1) is 0 Å². The number of Topliss-reactive ketones (excluding diaryl/α,β-unsaturated/α-hetero) is 1. The molecule has 5 nitrogen and oxygen atoms in total. The van der Waals surface area contributed by atoms with Crippen LogP contribution in [0.2, 0.25) is 0 Å². The van der Waals surface area contributed by atoms with Gasteiger partial charge in [0.1, 0.15) is 11.6 Å². The smallest absolute Gasteiger partial charge is 0.206 e. The number of rotatable bonds is 1. The Hall–Kier alpha value is -1.59. The molecular weight excluding hydrogens is 306 g/mol. The molecule has 5 atom stereocenters. The standard InChI is InChI=1S/C19H22NO4/c1-20(2)9-8-18-15-11-4-5-13(23-3)16(15)24-17(18)12(21)6-7-19(18,22)14(20)10-11/h1,4-5,14,17,22H,6-10H2,2-3H3/q+1. The third-order valence-corrected chi connectivity index (χ3v) is 7.04. The van der Waals surface area contributed by atoms with Crippen molar-refractivity contribution in [3.63, 3.8) is 0 Å². The first-order valence-corrected chi connectivity index (χ1v) is 8.61. The van der Waals surface area contributed by atoms with Crippen molar-refractivity contribution in [2.45, 2.75) is 48.8 Å². The largest absolute Gasteiger partial charge is 0.493 e.